The van der Waals surface area contributed by atoms with Gasteiger partial charge in [0.25, 0.3) is 5.91 Å². The minimum absolute atomic E-state index is 0.0156. The third-order valence-corrected chi connectivity index (χ3v) is 13.3. The van der Waals surface area contributed by atoms with E-state index in [2.05, 4.69) is 34.3 Å². The van der Waals surface area contributed by atoms with Crippen molar-refractivity contribution < 1.29 is 41.9 Å². The number of amides is 6. The molecule has 0 bridgehead atoms. The van der Waals surface area contributed by atoms with Crippen LogP contribution in [0.4, 0.5) is 23.7 Å². The number of hydrogen-bond donors (Lipinski definition) is 2. The second-order valence-electron chi connectivity index (χ2n) is 16.6. The highest BCUT2D eigenvalue weighted by atomic mass is 32.2. The fourth-order valence-corrected chi connectivity index (χ4v) is 10.1. The molecule has 4 fully saturated rings. The first kappa shape index (κ1) is 44.1. The van der Waals surface area contributed by atoms with Crippen molar-refractivity contribution in [1.82, 2.24) is 24.3 Å². The van der Waals surface area contributed by atoms with Crippen LogP contribution in [-0.4, -0.2) is 111 Å². The van der Waals surface area contributed by atoms with E-state index in [1.165, 1.54) is 6.07 Å². The summed E-state index contributed by atoms with van der Waals surface area (Å²) in [6.45, 7) is 12.4. The van der Waals surface area contributed by atoms with Gasteiger partial charge in [0.15, 0.2) is 0 Å². The van der Waals surface area contributed by atoms with Gasteiger partial charge in [0.2, 0.25) is 17.7 Å². The van der Waals surface area contributed by atoms with E-state index in [1.807, 2.05) is 19.1 Å². The number of hydrogen-bond acceptors (Lipinski definition) is 10. The summed E-state index contributed by atoms with van der Waals surface area (Å²) in [6, 6.07) is 11.4. The number of carbonyl (C=O) groups excluding carboxylic acids is 5. The lowest BCUT2D eigenvalue weighted by Crippen LogP contribution is -2.58. The predicted octanol–water partition coefficient (Wildman–Crippen LogP) is 6.07. The van der Waals surface area contributed by atoms with Gasteiger partial charge in [-0.15, -0.1) is 0 Å². The molecule has 6 rings (SSSR count). The predicted molar refractivity (Wildman–Crippen MR) is 214 cm³/mol. The van der Waals surface area contributed by atoms with Crippen molar-refractivity contribution in [3.05, 3.63) is 59.2 Å². The Balaban J connectivity index is 0.937. The largest absolute Gasteiger partial charge is 0.417 e. The number of ether oxygens (including phenoxy) is 1. The van der Waals surface area contributed by atoms with Crippen LogP contribution in [0.2, 0.25) is 0 Å². The Bertz CT molecular complexity index is 1970. The topological polar surface area (TPSA) is 155 Å². The number of piperidine rings is 1. The van der Waals surface area contributed by atoms with Gasteiger partial charge in [-0.1, -0.05) is 19.1 Å². The van der Waals surface area contributed by atoms with Crippen LogP contribution in [0.25, 0.3) is 0 Å². The van der Waals surface area contributed by atoms with E-state index in [0.29, 0.717) is 69.2 Å². The molecule has 318 valence electrons. The van der Waals surface area contributed by atoms with Gasteiger partial charge in [-0.3, -0.25) is 34.3 Å². The Morgan fingerprint density at radius 1 is 1.02 bits per heavy atom. The zero-order valence-electron chi connectivity index (χ0n) is 34.1. The molecular formula is C42H52F3N7O6S. The molecule has 3 atom stereocenters. The first-order valence-electron chi connectivity index (χ1n) is 20.2. The van der Waals surface area contributed by atoms with E-state index in [4.69, 9.17) is 10.00 Å². The lowest BCUT2D eigenvalue weighted by Gasteiger charge is -2.44. The number of alkyl halides is 3. The van der Waals surface area contributed by atoms with Crippen molar-refractivity contribution in [3.63, 3.8) is 0 Å². The maximum absolute atomic E-state index is 13.6. The second-order valence-corrected chi connectivity index (χ2v) is 17.6. The normalized spacial score (nSPS) is 26.8. The molecule has 13 nitrogen and oxygen atoms in total. The van der Waals surface area contributed by atoms with Crippen molar-refractivity contribution in [2.75, 3.05) is 38.1 Å². The quantitative estimate of drug-likeness (QED) is 0.146. The summed E-state index contributed by atoms with van der Waals surface area (Å²) in [5.74, 6) is -1.18. The van der Waals surface area contributed by atoms with Crippen molar-refractivity contribution in [2.24, 2.45) is 0 Å². The van der Waals surface area contributed by atoms with Crippen LogP contribution < -0.4 is 10.6 Å². The van der Waals surface area contributed by atoms with Crippen LogP contribution in [0.1, 0.15) is 96.3 Å². The molecule has 17 heteroatoms. The third kappa shape index (κ3) is 9.30. The number of urea groups is 1. The maximum Gasteiger partial charge on any atom is 0.417 e. The van der Waals surface area contributed by atoms with Gasteiger partial charge in [0.1, 0.15) is 5.54 Å². The molecule has 3 aliphatic heterocycles. The molecular weight excluding hydrogens is 788 g/mol. The molecule has 0 aromatic heterocycles. The average molecular weight is 840 g/mol. The van der Waals surface area contributed by atoms with Crippen LogP contribution in [-0.2, 0) is 35.5 Å². The highest BCUT2D eigenvalue weighted by Gasteiger charge is 2.55. The van der Waals surface area contributed by atoms with Crippen LogP contribution in [0.3, 0.4) is 0 Å². The van der Waals surface area contributed by atoms with Crippen molar-refractivity contribution in [2.45, 2.75) is 126 Å². The summed E-state index contributed by atoms with van der Waals surface area (Å²) in [5.41, 5.74) is -2.15. The van der Waals surface area contributed by atoms with Gasteiger partial charge in [0, 0.05) is 54.8 Å². The average Bonchev–Trinajstić information content (AvgIpc) is 3.35. The monoisotopic (exact) mass is 839 g/mol. The molecule has 6 amide bonds. The Labute approximate surface area is 347 Å². The van der Waals surface area contributed by atoms with Crippen molar-refractivity contribution in [1.29, 1.82) is 5.26 Å². The van der Waals surface area contributed by atoms with Gasteiger partial charge in [0.05, 0.1) is 41.9 Å². The number of rotatable bonds is 12. The lowest BCUT2D eigenvalue weighted by atomic mass is 9.72. The van der Waals surface area contributed by atoms with Crippen LogP contribution >= 0.6 is 11.9 Å². The fourth-order valence-electron chi connectivity index (χ4n) is 9.07. The summed E-state index contributed by atoms with van der Waals surface area (Å²) in [5, 5.41) is 14.6. The first-order chi connectivity index (χ1) is 27.9. The van der Waals surface area contributed by atoms with E-state index in [9.17, 15) is 37.1 Å². The van der Waals surface area contributed by atoms with Crippen molar-refractivity contribution >= 4 is 47.3 Å². The number of benzene rings is 2. The summed E-state index contributed by atoms with van der Waals surface area (Å²) in [4.78, 5) is 70.8. The zero-order chi connectivity index (χ0) is 42.9. The minimum atomic E-state index is -4.77. The van der Waals surface area contributed by atoms with Crippen LogP contribution in [0, 0.1) is 11.3 Å². The van der Waals surface area contributed by atoms with E-state index in [1.54, 1.807) is 36.9 Å². The van der Waals surface area contributed by atoms with Gasteiger partial charge in [-0.2, -0.15) is 22.7 Å². The summed E-state index contributed by atoms with van der Waals surface area (Å²) in [7, 11) is 0. The summed E-state index contributed by atoms with van der Waals surface area (Å²) in [6.07, 6.45) is -0.888. The van der Waals surface area contributed by atoms with E-state index < -0.39 is 40.2 Å². The van der Waals surface area contributed by atoms with Gasteiger partial charge >= 0.3 is 12.2 Å². The van der Waals surface area contributed by atoms with Crippen molar-refractivity contribution in [3.8, 4) is 6.07 Å². The molecule has 1 aliphatic carbocycles. The third-order valence-electron chi connectivity index (χ3n) is 12.4. The van der Waals surface area contributed by atoms with Gasteiger partial charge < -0.3 is 15.0 Å². The molecule has 0 spiro atoms. The number of halogens is 3. The smallest absolute Gasteiger partial charge is 0.377 e. The van der Waals surface area contributed by atoms with Gasteiger partial charge in [-0.25, -0.2) is 4.79 Å². The summed E-state index contributed by atoms with van der Waals surface area (Å²) >= 11 is 0.634. The minimum Gasteiger partial charge on any atom is -0.377 e. The number of imide groups is 2. The zero-order valence-corrected chi connectivity index (χ0v) is 34.9. The molecule has 3 heterocycles. The first-order valence-corrected chi connectivity index (χ1v) is 21.0. The van der Waals surface area contributed by atoms with E-state index >= 15 is 0 Å². The Hall–Kier alpha value is -4.50. The number of carbonyl (C=O) groups is 5. The SMILES string of the molecule is CC[C@]1(c2ccc(NC(=O)CN3[C@H](C)CN(CCOC4CCC(N5C(=O)N(Sc6ccc(C#N)c(C(F)(F)F)c6)C(=O)C5(C)C)CC4)C[C@@H]3C)cc2)CCC(=O)NC1=O. The number of piperazine rings is 1. The van der Waals surface area contributed by atoms with E-state index in [0.717, 1.165) is 41.6 Å². The Morgan fingerprint density at radius 3 is 2.27 bits per heavy atom. The second kappa shape index (κ2) is 17.6. The standard InChI is InChI=1S/C42H52F3N7O6S/c1-6-41(18-17-35(53)48-37(41)55)29-8-10-30(11-9-29)47-36(54)25-50-26(2)23-49(24-27(50)3)19-20-58-32-14-12-31(13-15-32)51-39(57)52(38(56)40(51,4)5)59-33-16-7-28(22-46)34(21-33)42(43,44)45/h7-11,16,21,26-27,31-32H,6,12-15,17-20,23-25H2,1-5H3,(H,47,54)(H,48,53,55)/t26-,27+,31?,32?,41-/m1/s1. The number of nitriles is 1. The highest BCUT2D eigenvalue weighted by Crippen LogP contribution is 2.42. The maximum atomic E-state index is 13.6. The Kier molecular flexibility index (Phi) is 13.2. The molecule has 2 aromatic carbocycles. The van der Waals surface area contributed by atoms with Gasteiger partial charge in [-0.05, 0) is 114 Å². The van der Waals surface area contributed by atoms with Crippen LogP contribution in [0.15, 0.2) is 47.4 Å². The molecule has 59 heavy (non-hydrogen) atoms. The Morgan fingerprint density at radius 2 is 1.68 bits per heavy atom. The molecule has 3 saturated heterocycles. The molecule has 2 N–H and O–H groups in total. The summed E-state index contributed by atoms with van der Waals surface area (Å²) < 4.78 is 47.9. The van der Waals surface area contributed by atoms with E-state index in [-0.39, 0.29) is 53.4 Å². The molecule has 4 aliphatic rings. The molecule has 0 unspecified atom stereocenters. The highest BCUT2D eigenvalue weighted by molar-refractivity contribution is 7.98. The fraction of sp³-hybridized carbons (Fsp3) is 0.571. The molecule has 1 saturated carbocycles. The number of anilines is 1. The number of nitrogens with one attached hydrogen (secondary N) is 2. The molecule has 2 aromatic rings. The van der Waals surface area contributed by atoms with Crippen LogP contribution in [0.5, 0.6) is 0 Å². The number of nitrogens with zero attached hydrogens (tertiary/aromatic N) is 5. The lowest BCUT2D eigenvalue weighted by molar-refractivity contribution is -0.139. The molecule has 0 radical (unpaired) electrons.